The molecule has 0 aliphatic rings. The summed E-state index contributed by atoms with van der Waals surface area (Å²) < 4.78 is 2.76. The number of carboxylic acids is 1. The van der Waals surface area contributed by atoms with Crippen molar-refractivity contribution in [2.75, 3.05) is 5.32 Å². The van der Waals surface area contributed by atoms with Crippen LogP contribution in [0.4, 0.5) is 5.95 Å². The predicted molar refractivity (Wildman–Crippen MR) is 93.1 cm³/mol. The van der Waals surface area contributed by atoms with Gasteiger partial charge in [-0.3, -0.25) is 14.8 Å². The van der Waals surface area contributed by atoms with Crippen LogP contribution in [-0.2, 0) is 11.3 Å². The second kappa shape index (κ2) is 7.36. The Hall–Kier alpha value is -3.20. The van der Waals surface area contributed by atoms with E-state index in [0.29, 0.717) is 11.6 Å². The third-order valence-corrected chi connectivity index (χ3v) is 3.83. The van der Waals surface area contributed by atoms with Crippen LogP contribution in [0.5, 0.6) is 0 Å². The second-order valence-electron chi connectivity index (χ2n) is 5.55. The average Bonchev–Trinajstić information content (AvgIpc) is 3.24. The maximum absolute atomic E-state index is 12.2. The van der Waals surface area contributed by atoms with Crippen LogP contribution in [0, 0.1) is 0 Å². The molecule has 9 nitrogen and oxygen atoms in total. The fraction of sp³-hybridized carbons (Fsp3) is 0.188. The molecule has 26 heavy (non-hydrogen) atoms. The smallest absolute Gasteiger partial charge is 0.328 e. The zero-order chi connectivity index (χ0) is 18.7. The van der Waals surface area contributed by atoms with Gasteiger partial charge in [0.25, 0.3) is 5.91 Å². The molecular formula is C16H15ClN6O3. The molecule has 0 saturated carbocycles. The molecule has 0 bridgehead atoms. The molecule has 0 aliphatic carbocycles. The molecule has 3 aromatic rings. The number of anilines is 1. The number of benzene rings is 1. The van der Waals surface area contributed by atoms with Crippen LogP contribution in [0.15, 0.2) is 42.9 Å². The molecular weight excluding hydrogens is 360 g/mol. The third kappa shape index (κ3) is 4.06. The summed E-state index contributed by atoms with van der Waals surface area (Å²) in [6.07, 6.45) is 2.92. The summed E-state index contributed by atoms with van der Waals surface area (Å²) in [6, 6.07) is 7.90. The number of carboxylic acid groups (broad SMARTS) is 1. The van der Waals surface area contributed by atoms with E-state index in [2.05, 4.69) is 20.5 Å². The lowest BCUT2D eigenvalue weighted by atomic mass is 10.2. The summed E-state index contributed by atoms with van der Waals surface area (Å²) in [5.74, 6) is -1.44. The Morgan fingerprint density at radius 1 is 1.31 bits per heavy atom. The fourth-order valence-electron chi connectivity index (χ4n) is 2.20. The number of hydrogen-bond donors (Lipinski definition) is 2. The van der Waals surface area contributed by atoms with Gasteiger partial charge < -0.3 is 5.11 Å². The van der Waals surface area contributed by atoms with E-state index in [1.165, 1.54) is 30.2 Å². The molecule has 0 aliphatic heterocycles. The minimum Gasteiger partial charge on any atom is -0.480 e. The van der Waals surface area contributed by atoms with Crippen molar-refractivity contribution in [2.45, 2.75) is 19.5 Å². The number of carbonyl (C=O) groups is 2. The van der Waals surface area contributed by atoms with Gasteiger partial charge in [0.15, 0.2) is 5.69 Å². The van der Waals surface area contributed by atoms with E-state index in [1.54, 1.807) is 10.7 Å². The molecule has 0 saturated heterocycles. The lowest BCUT2D eigenvalue weighted by Crippen LogP contribution is -2.18. The third-order valence-electron chi connectivity index (χ3n) is 3.59. The summed E-state index contributed by atoms with van der Waals surface area (Å²) in [4.78, 5) is 27.2. The van der Waals surface area contributed by atoms with Gasteiger partial charge in [-0.2, -0.15) is 5.10 Å². The van der Waals surface area contributed by atoms with E-state index in [9.17, 15) is 9.59 Å². The summed E-state index contributed by atoms with van der Waals surface area (Å²) >= 11 is 5.95. The first kappa shape index (κ1) is 17.6. The summed E-state index contributed by atoms with van der Waals surface area (Å²) in [5.41, 5.74) is 1.02. The highest BCUT2D eigenvalue weighted by Gasteiger charge is 2.17. The van der Waals surface area contributed by atoms with Crippen LogP contribution >= 0.6 is 11.6 Å². The molecule has 2 aromatic heterocycles. The van der Waals surface area contributed by atoms with E-state index in [1.807, 2.05) is 18.2 Å². The highest BCUT2D eigenvalue weighted by atomic mass is 35.5. The minimum absolute atomic E-state index is 0.0734. The summed E-state index contributed by atoms with van der Waals surface area (Å²) in [6.45, 7) is 1.92. The molecule has 1 unspecified atom stereocenters. The van der Waals surface area contributed by atoms with Crippen LogP contribution < -0.4 is 5.32 Å². The summed E-state index contributed by atoms with van der Waals surface area (Å²) in [5, 5.41) is 20.3. The Kier molecular flexibility index (Phi) is 4.99. The Labute approximate surface area is 153 Å². The zero-order valence-corrected chi connectivity index (χ0v) is 14.5. The zero-order valence-electron chi connectivity index (χ0n) is 13.7. The molecule has 0 spiro atoms. The number of amides is 1. The topological polar surface area (TPSA) is 115 Å². The van der Waals surface area contributed by atoms with Crippen LogP contribution in [0.1, 0.15) is 29.0 Å². The van der Waals surface area contributed by atoms with Gasteiger partial charge >= 0.3 is 5.97 Å². The molecule has 2 heterocycles. The number of aliphatic carboxylic acids is 1. The first-order valence-electron chi connectivity index (χ1n) is 7.65. The number of aromatic nitrogens is 5. The lowest BCUT2D eigenvalue weighted by Gasteiger charge is -2.05. The normalized spacial score (nSPS) is 11.9. The maximum Gasteiger partial charge on any atom is 0.328 e. The predicted octanol–water partition coefficient (Wildman–Crippen LogP) is 2.07. The van der Waals surface area contributed by atoms with Crippen molar-refractivity contribution in [3.8, 4) is 0 Å². The van der Waals surface area contributed by atoms with E-state index >= 15 is 0 Å². The molecule has 3 rings (SSSR count). The number of nitrogens with zero attached hydrogens (tertiary/aromatic N) is 5. The van der Waals surface area contributed by atoms with Crippen molar-refractivity contribution in [3.05, 3.63) is 59.1 Å². The van der Waals surface area contributed by atoms with E-state index < -0.39 is 17.9 Å². The van der Waals surface area contributed by atoms with Gasteiger partial charge in [-0.05, 0) is 30.7 Å². The second-order valence-corrected chi connectivity index (χ2v) is 5.98. The standard InChI is InChI=1S/C16H15ClN6O3/c1-10(15(25)26)23-6-5-13(20-23)14(24)19-16-18-9-22(21-16)8-11-3-2-4-12(17)7-11/h2-7,9-10H,8H2,1H3,(H,25,26)(H,19,21,24). The van der Waals surface area contributed by atoms with Crippen molar-refractivity contribution in [1.82, 2.24) is 24.5 Å². The molecule has 134 valence electrons. The molecule has 1 amide bonds. The minimum atomic E-state index is -1.04. The van der Waals surface area contributed by atoms with Gasteiger partial charge in [-0.25, -0.2) is 14.5 Å². The van der Waals surface area contributed by atoms with Crippen molar-refractivity contribution in [2.24, 2.45) is 0 Å². The van der Waals surface area contributed by atoms with Crippen molar-refractivity contribution < 1.29 is 14.7 Å². The SMILES string of the molecule is CC(C(=O)O)n1ccc(C(=O)Nc2ncn(Cc3cccc(Cl)c3)n2)n1. The highest BCUT2D eigenvalue weighted by molar-refractivity contribution is 6.30. The van der Waals surface area contributed by atoms with Gasteiger partial charge in [0, 0.05) is 11.2 Å². The summed E-state index contributed by atoms with van der Waals surface area (Å²) in [7, 11) is 0. The number of rotatable bonds is 6. The Balaban J connectivity index is 1.65. The van der Waals surface area contributed by atoms with Gasteiger partial charge in [-0.15, -0.1) is 5.10 Å². The van der Waals surface area contributed by atoms with Crippen molar-refractivity contribution in [1.29, 1.82) is 0 Å². The molecule has 0 radical (unpaired) electrons. The first-order valence-corrected chi connectivity index (χ1v) is 8.03. The van der Waals surface area contributed by atoms with Crippen molar-refractivity contribution in [3.63, 3.8) is 0 Å². The van der Waals surface area contributed by atoms with Crippen LogP contribution in [0.2, 0.25) is 5.02 Å². The highest BCUT2D eigenvalue weighted by Crippen LogP contribution is 2.12. The number of nitrogens with one attached hydrogen (secondary N) is 1. The van der Waals surface area contributed by atoms with Crippen LogP contribution in [-0.4, -0.2) is 41.5 Å². The average molecular weight is 375 g/mol. The fourth-order valence-corrected chi connectivity index (χ4v) is 2.42. The molecule has 1 atom stereocenters. The Morgan fingerprint density at radius 2 is 2.12 bits per heavy atom. The quantitative estimate of drug-likeness (QED) is 0.682. The molecule has 0 fully saturated rings. The van der Waals surface area contributed by atoms with Gasteiger partial charge in [0.2, 0.25) is 5.95 Å². The molecule has 2 N–H and O–H groups in total. The first-order chi connectivity index (χ1) is 12.4. The van der Waals surface area contributed by atoms with Crippen molar-refractivity contribution >= 4 is 29.4 Å². The molecule has 1 aromatic carbocycles. The van der Waals surface area contributed by atoms with E-state index in [-0.39, 0.29) is 11.6 Å². The monoisotopic (exact) mass is 374 g/mol. The molecule has 10 heteroatoms. The van der Waals surface area contributed by atoms with Crippen LogP contribution in [0.25, 0.3) is 0 Å². The Morgan fingerprint density at radius 3 is 2.85 bits per heavy atom. The van der Waals surface area contributed by atoms with E-state index in [4.69, 9.17) is 16.7 Å². The number of carbonyl (C=O) groups excluding carboxylic acids is 1. The maximum atomic E-state index is 12.2. The van der Waals surface area contributed by atoms with E-state index in [0.717, 1.165) is 5.56 Å². The number of halogens is 1. The van der Waals surface area contributed by atoms with Crippen LogP contribution in [0.3, 0.4) is 0 Å². The number of hydrogen-bond acceptors (Lipinski definition) is 5. The van der Waals surface area contributed by atoms with Gasteiger partial charge in [-0.1, -0.05) is 23.7 Å². The Bertz CT molecular complexity index is 951. The van der Waals surface area contributed by atoms with Gasteiger partial charge in [0.05, 0.1) is 6.54 Å². The lowest BCUT2D eigenvalue weighted by molar-refractivity contribution is -0.140. The largest absolute Gasteiger partial charge is 0.480 e. The van der Waals surface area contributed by atoms with Gasteiger partial charge in [0.1, 0.15) is 12.4 Å².